The van der Waals surface area contributed by atoms with Gasteiger partial charge in [0, 0.05) is 6.54 Å². The molecule has 18 heavy (non-hydrogen) atoms. The number of nitrogens with zero attached hydrogens (tertiary/aromatic N) is 2. The highest BCUT2D eigenvalue weighted by Crippen LogP contribution is 2.34. The fourth-order valence-electron chi connectivity index (χ4n) is 2.00. The zero-order chi connectivity index (χ0) is 13.3. The van der Waals surface area contributed by atoms with Gasteiger partial charge in [-0.15, -0.1) is 11.3 Å². The molecule has 0 aromatic carbocycles. The van der Waals surface area contributed by atoms with Gasteiger partial charge in [-0.25, -0.2) is 8.42 Å². The van der Waals surface area contributed by atoms with E-state index in [1.165, 1.54) is 15.6 Å². The van der Waals surface area contributed by atoms with Crippen molar-refractivity contribution in [3.8, 4) is 6.07 Å². The standard InChI is InChI=1S/C11H13BrN2O2S2/c1-8-6-10(17-11(8)12)18(15,16)14-5-3-2-4-9(14)7-13/h6,9H,2-5H2,1H3. The van der Waals surface area contributed by atoms with Gasteiger partial charge in [0.1, 0.15) is 10.3 Å². The summed E-state index contributed by atoms with van der Waals surface area (Å²) >= 11 is 4.54. The summed E-state index contributed by atoms with van der Waals surface area (Å²) in [7, 11) is -3.53. The van der Waals surface area contributed by atoms with E-state index in [1.54, 1.807) is 6.07 Å². The zero-order valence-corrected chi connectivity index (χ0v) is 13.1. The first-order valence-corrected chi connectivity index (χ1v) is 8.69. The van der Waals surface area contributed by atoms with E-state index in [0.717, 1.165) is 22.2 Å². The van der Waals surface area contributed by atoms with Gasteiger partial charge in [0.05, 0.1) is 9.86 Å². The minimum absolute atomic E-state index is 0.314. The molecule has 1 saturated heterocycles. The summed E-state index contributed by atoms with van der Waals surface area (Å²) < 4.78 is 27.5. The van der Waals surface area contributed by atoms with Crippen molar-refractivity contribution in [3.05, 3.63) is 15.4 Å². The molecule has 1 unspecified atom stereocenters. The van der Waals surface area contributed by atoms with Gasteiger partial charge in [0.25, 0.3) is 10.0 Å². The predicted molar refractivity (Wildman–Crippen MR) is 73.9 cm³/mol. The van der Waals surface area contributed by atoms with Gasteiger partial charge in [-0.2, -0.15) is 9.57 Å². The van der Waals surface area contributed by atoms with Crippen LogP contribution in [0.1, 0.15) is 24.8 Å². The summed E-state index contributed by atoms with van der Waals surface area (Å²) in [5, 5.41) is 9.07. The Hall–Kier alpha value is -0.420. The summed E-state index contributed by atoms with van der Waals surface area (Å²) in [4.78, 5) is 0. The van der Waals surface area contributed by atoms with Crippen molar-refractivity contribution in [2.45, 2.75) is 36.4 Å². The maximum Gasteiger partial charge on any atom is 0.253 e. The van der Waals surface area contributed by atoms with Crippen molar-refractivity contribution in [1.29, 1.82) is 5.26 Å². The molecule has 0 N–H and O–H groups in total. The Kier molecular flexibility index (Phi) is 4.11. The fourth-order valence-corrected chi connectivity index (χ4v) is 5.96. The van der Waals surface area contributed by atoms with Gasteiger partial charge in [-0.05, 0) is 53.7 Å². The van der Waals surface area contributed by atoms with Crippen molar-refractivity contribution in [3.63, 3.8) is 0 Å². The quantitative estimate of drug-likeness (QED) is 0.825. The molecule has 0 saturated carbocycles. The normalized spacial score (nSPS) is 21.7. The number of hydrogen-bond donors (Lipinski definition) is 0. The highest BCUT2D eigenvalue weighted by molar-refractivity contribution is 9.11. The fraction of sp³-hybridized carbons (Fsp3) is 0.545. The lowest BCUT2D eigenvalue weighted by atomic mass is 10.1. The number of sulfonamides is 1. The van der Waals surface area contributed by atoms with E-state index < -0.39 is 16.1 Å². The minimum Gasteiger partial charge on any atom is -0.206 e. The highest BCUT2D eigenvalue weighted by atomic mass is 79.9. The first kappa shape index (κ1) is 14.0. The average Bonchev–Trinajstić information content (AvgIpc) is 2.70. The lowest BCUT2D eigenvalue weighted by Crippen LogP contribution is -2.42. The molecule has 2 rings (SSSR count). The van der Waals surface area contributed by atoms with Crippen LogP contribution < -0.4 is 0 Å². The Morgan fingerprint density at radius 3 is 2.83 bits per heavy atom. The number of aryl methyl sites for hydroxylation is 1. The van der Waals surface area contributed by atoms with Gasteiger partial charge >= 0.3 is 0 Å². The van der Waals surface area contributed by atoms with Crippen LogP contribution in [0.15, 0.2) is 14.1 Å². The molecule has 7 heteroatoms. The van der Waals surface area contributed by atoms with Crippen LogP contribution in [0.4, 0.5) is 0 Å². The second-order valence-corrected chi connectivity index (χ2v) is 8.77. The van der Waals surface area contributed by atoms with Crippen molar-refractivity contribution in [1.82, 2.24) is 4.31 Å². The van der Waals surface area contributed by atoms with E-state index in [0.29, 0.717) is 17.2 Å². The Balaban J connectivity index is 2.38. The van der Waals surface area contributed by atoms with E-state index in [2.05, 4.69) is 22.0 Å². The first-order chi connectivity index (χ1) is 8.46. The number of thiophene rings is 1. The number of halogens is 1. The third kappa shape index (κ3) is 2.48. The third-order valence-electron chi connectivity index (χ3n) is 3.00. The molecule has 0 amide bonds. The Morgan fingerprint density at radius 1 is 1.56 bits per heavy atom. The van der Waals surface area contributed by atoms with Crippen LogP contribution in [0.3, 0.4) is 0 Å². The van der Waals surface area contributed by atoms with Crippen LogP contribution >= 0.6 is 27.3 Å². The molecule has 1 fully saturated rings. The third-order valence-corrected chi connectivity index (χ3v) is 7.49. The molecule has 2 heterocycles. The molecule has 0 radical (unpaired) electrons. The molecule has 1 aromatic heterocycles. The summed E-state index contributed by atoms with van der Waals surface area (Å²) in [6, 6.07) is 3.23. The topological polar surface area (TPSA) is 61.2 Å². The maximum absolute atomic E-state index is 12.5. The largest absolute Gasteiger partial charge is 0.253 e. The van der Waals surface area contributed by atoms with Crippen LogP contribution in [0.2, 0.25) is 0 Å². The molecule has 0 spiro atoms. The van der Waals surface area contributed by atoms with Gasteiger partial charge < -0.3 is 0 Å². The number of nitriles is 1. The zero-order valence-electron chi connectivity index (χ0n) is 9.89. The highest BCUT2D eigenvalue weighted by Gasteiger charge is 2.34. The number of rotatable bonds is 2. The van der Waals surface area contributed by atoms with E-state index in [-0.39, 0.29) is 0 Å². The molecule has 0 bridgehead atoms. The SMILES string of the molecule is Cc1cc(S(=O)(=O)N2CCCCC2C#N)sc1Br. The van der Waals surface area contributed by atoms with Crippen molar-refractivity contribution in [2.75, 3.05) is 6.54 Å². The van der Waals surface area contributed by atoms with Crippen LogP contribution in [-0.2, 0) is 10.0 Å². The Labute approximate surface area is 119 Å². The lowest BCUT2D eigenvalue weighted by Gasteiger charge is -2.29. The first-order valence-electron chi connectivity index (χ1n) is 5.64. The lowest BCUT2D eigenvalue weighted by molar-refractivity contribution is 0.297. The molecular weight excluding hydrogens is 336 g/mol. The average molecular weight is 349 g/mol. The summed E-state index contributed by atoms with van der Waals surface area (Å²) in [6.07, 6.45) is 2.36. The second kappa shape index (κ2) is 5.29. The summed E-state index contributed by atoms with van der Waals surface area (Å²) in [5.41, 5.74) is 0.907. The maximum atomic E-state index is 12.5. The molecule has 1 atom stereocenters. The van der Waals surface area contributed by atoms with Gasteiger partial charge in [0.15, 0.2) is 0 Å². The van der Waals surface area contributed by atoms with Gasteiger partial charge in [-0.3, -0.25) is 0 Å². The van der Waals surface area contributed by atoms with Crippen LogP contribution in [0, 0.1) is 18.3 Å². The summed E-state index contributed by atoms with van der Waals surface area (Å²) in [6.45, 7) is 2.30. The number of hydrogen-bond acceptors (Lipinski definition) is 4. The Morgan fingerprint density at radius 2 is 2.28 bits per heavy atom. The number of piperidine rings is 1. The minimum atomic E-state index is -3.53. The monoisotopic (exact) mass is 348 g/mol. The van der Waals surface area contributed by atoms with E-state index in [9.17, 15) is 8.42 Å². The molecular formula is C11H13BrN2O2S2. The summed E-state index contributed by atoms with van der Waals surface area (Å²) in [5.74, 6) is 0. The van der Waals surface area contributed by atoms with Crippen LogP contribution in [0.5, 0.6) is 0 Å². The van der Waals surface area contributed by atoms with Gasteiger partial charge in [-0.1, -0.05) is 0 Å². The van der Waals surface area contributed by atoms with Crippen molar-refractivity contribution < 1.29 is 8.42 Å². The molecule has 1 aliphatic rings. The Bertz CT molecular complexity index is 569. The van der Waals surface area contributed by atoms with Crippen LogP contribution in [0.25, 0.3) is 0 Å². The van der Waals surface area contributed by atoms with E-state index in [1.807, 2.05) is 6.92 Å². The molecule has 1 aliphatic heterocycles. The van der Waals surface area contributed by atoms with E-state index in [4.69, 9.17) is 5.26 Å². The smallest absolute Gasteiger partial charge is 0.206 e. The van der Waals surface area contributed by atoms with Crippen molar-refractivity contribution in [2.24, 2.45) is 0 Å². The predicted octanol–water partition coefficient (Wildman–Crippen LogP) is 2.89. The molecule has 4 nitrogen and oxygen atoms in total. The van der Waals surface area contributed by atoms with Crippen LogP contribution in [-0.4, -0.2) is 25.3 Å². The molecule has 0 aliphatic carbocycles. The van der Waals surface area contributed by atoms with Gasteiger partial charge in [0.2, 0.25) is 0 Å². The van der Waals surface area contributed by atoms with E-state index >= 15 is 0 Å². The second-order valence-electron chi connectivity index (χ2n) is 4.28. The molecule has 1 aromatic rings. The van der Waals surface area contributed by atoms with Crippen molar-refractivity contribution >= 4 is 37.3 Å². The molecule has 98 valence electrons.